The number of hydrogen-bond acceptors (Lipinski definition) is 2. The second-order valence-corrected chi connectivity index (χ2v) is 7.16. The molecule has 0 spiro atoms. The molecule has 0 heterocycles. The molecule has 0 unspecified atom stereocenters. The zero-order chi connectivity index (χ0) is 18.4. The lowest BCUT2D eigenvalue weighted by atomic mass is 9.86. The highest BCUT2D eigenvalue weighted by Gasteiger charge is 2.23. The van der Waals surface area contributed by atoms with Gasteiger partial charge >= 0.3 is 0 Å². The van der Waals surface area contributed by atoms with Crippen LogP contribution in [0.5, 0.6) is 11.5 Å². The van der Waals surface area contributed by atoms with Gasteiger partial charge in [0, 0.05) is 21.9 Å². The van der Waals surface area contributed by atoms with Crippen LogP contribution in [0.25, 0.3) is 10.8 Å². The number of allylic oxidation sites excluding steroid dienone is 2. The lowest BCUT2D eigenvalue weighted by Gasteiger charge is -2.25. The third kappa shape index (κ3) is 3.90. The fourth-order valence-electron chi connectivity index (χ4n) is 3.66. The number of rotatable bonds is 9. The summed E-state index contributed by atoms with van der Waals surface area (Å²) in [6.45, 7) is 8.23. The van der Waals surface area contributed by atoms with E-state index < -0.39 is 0 Å². The molecule has 26 heavy (non-hydrogen) atoms. The average Bonchev–Trinajstić information content (AvgIpc) is 2.69. The highest BCUT2D eigenvalue weighted by atomic mass is 16.5. The standard InChI is InChI=1S/C24H32O2/c1-4-7-15-25-23-19-11-9-10-12-20(19)24(26-16-8-5-2)22-17-18(6-3)13-14-21(22)23/h9-13H,4-8,14-17H2,1-3H3. The summed E-state index contributed by atoms with van der Waals surface area (Å²) in [7, 11) is 0. The first kappa shape index (κ1) is 18.8. The highest BCUT2D eigenvalue weighted by molar-refractivity contribution is 5.96. The topological polar surface area (TPSA) is 18.5 Å². The molecular formula is C24H32O2. The number of benzene rings is 2. The summed E-state index contributed by atoms with van der Waals surface area (Å²) >= 11 is 0. The number of unbranched alkanes of at least 4 members (excludes halogenated alkanes) is 2. The van der Waals surface area contributed by atoms with Crippen LogP contribution in [0.1, 0.15) is 64.0 Å². The van der Waals surface area contributed by atoms with Crippen molar-refractivity contribution >= 4 is 10.8 Å². The fraction of sp³-hybridized carbons (Fsp3) is 0.500. The minimum atomic E-state index is 0.785. The first-order chi connectivity index (χ1) is 12.8. The Hall–Kier alpha value is -1.96. The van der Waals surface area contributed by atoms with Crippen molar-refractivity contribution in [1.82, 2.24) is 0 Å². The van der Waals surface area contributed by atoms with E-state index in [2.05, 4.69) is 51.1 Å². The van der Waals surface area contributed by atoms with Gasteiger partial charge in [0.1, 0.15) is 11.5 Å². The van der Waals surface area contributed by atoms with Crippen LogP contribution in [0.3, 0.4) is 0 Å². The van der Waals surface area contributed by atoms with Gasteiger partial charge in [-0.1, -0.05) is 69.5 Å². The molecule has 2 nitrogen and oxygen atoms in total. The van der Waals surface area contributed by atoms with Gasteiger partial charge in [0.05, 0.1) is 13.2 Å². The minimum Gasteiger partial charge on any atom is -0.493 e. The smallest absolute Gasteiger partial charge is 0.131 e. The van der Waals surface area contributed by atoms with Crippen molar-refractivity contribution in [3.8, 4) is 11.5 Å². The van der Waals surface area contributed by atoms with Crippen molar-refractivity contribution in [1.29, 1.82) is 0 Å². The Labute approximate surface area is 158 Å². The van der Waals surface area contributed by atoms with Crippen LogP contribution in [0.2, 0.25) is 0 Å². The van der Waals surface area contributed by atoms with Crippen molar-refractivity contribution in [2.24, 2.45) is 0 Å². The average molecular weight is 353 g/mol. The van der Waals surface area contributed by atoms with Gasteiger partial charge < -0.3 is 9.47 Å². The molecule has 0 amide bonds. The molecule has 140 valence electrons. The lowest BCUT2D eigenvalue weighted by Crippen LogP contribution is -2.11. The quantitative estimate of drug-likeness (QED) is 0.372. The van der Waals surface area contributed by atoms with Gasteiger partial charge in [-0.3, -0.25) is 0 Å². The van der Waals surface area contributed by atoms with Crippen LogP contribution in [-0.2, 0) is 12.8 Å². The monoisotopic (exact) mass is 352 g/mol. The van der Waals surface area contributed by atoms with E-state index >= 15 is 0 Å². The van der Waals surface area contributed by atoms with E-state index in [1.807, 2.05) is 0 Å². The maximum absolute atomic E-state index is 6.35. The summed E-state index contributed by atoms with van der Waals surface area (Å²) < 4.78 is 12.7. The van der Waals surface area contributed by atoms with E-state index in [4.69, 9.17) is 9.47 Å². The van der Waals surface area contributed by atoms with Crippen LogP contribution < -0.4 is 9.47 Å². The molecule has 2 aromatic carbocycles. The molecule has 3 rings (SSSR count). The molecular weight excluding hydrogens is 320 g/mol. The summed E-state index contributed by atoms with van der Waals surface area (Å²) in [5.41, 5.74) is 4.20. The van der Waals surface area contributed by atoms with Gasteiger partial charge in [0.25, 0.3) is 0 Å². The Morgan fingerprint density at radius 3 is 1.92 bits per heavy atom. The lowest BCUT2D eigenvalue weighted by molar-refractivity contribution is 0.301. The van der Waals surface area contributed by atoms with Gasteiger partial charge in [0.2, 0.25) is 0 Å². The molecule has 0 N–H and O–H groups in total. The summed E-state index contributed by atoms with van der Waals surface area (Å²) in [6.07, 6.45) is 9.92. The van der Waals surface area contributed by atoms with E-state index in [0.717, 1.165) is 69.7 Å². The van der Waals surface area contributed by atoms with E-state index in [0.29, 0.717) is 0 Å². The molecule has 0 saturated heterocycles. The largest absolute Gasteiger partial charge is 0.493 e. The molecule has 0 saturated carbocycles. The Kier molecular flexibility index (Phi) is 6.60. The molecule has 0 atom stereocenters. The molecule has 1 aliphatic rings. The van der Waals surface area contributed by atoms with E-state index in [9.17, 15) is 0 Å². The Morgan fingerprint density at radius 2 is 1.38 bits per heavy atom. The fourth-order valence-corrected chi connectivity index (χ4v) is 3.66. The maximum atomic E-state index is 6.35. The predicted octanol–water partition coefficient (Wildman–Crippen LogP) is 6.63. The summed E-state index contributed by atoms with van der Waals surface area (Å²) in [6, 6.07) is 8.58. The molecule has 2 heteroatoms. The van der Waals surface area contributed by atoms with Gasteiger partial charge in [-0.2, -0.15) is 0 Å². The number of fused-ring (bicyclic) bond motifs is 2. The van der Waals surface area contributed by atoms with Crippen molar-refractivity contribution in [3.05, 3.63) is 47.0 Å². The van der Waals surface area contributed by atoms with Crippen LogP contribution in [0.15, 0.2) is 35.9 Å². The van der Waals surface area contributed by atoms with E-state index in [-0.39, 0.29) is 0 Å². The Morgan fingerprint density at radius 1 is 0.808 bits per heavy atom. The van der Waals surface area contributed by atoms with Crippen LogP contribution in [0, 0.1) is 0 Å². The second-order valence-electron chi connectivity index (χ2n) is 7.16. The maximum Gasteiger partial charge on any atom is 0.131 e. The highest BCUT2D eigenvalue weighted by Crippen LogP contribution is 2.44. The SMILES string of the molecule is CCCCOc1c2c(c(OCCCC)c3ccccc13)CC(CC)=CC2. The summed E-state index contributed by atoms with van der Waals surface area (Å²) in [5.74, 6) is 2.17. The zero-order valence-corrected chi connectivity index (χ0v) is 16.6. The third-order valence-electron chi connectivity index (χ3n) is 5.27. The van der Waals surface area contributed by atoms with E-state index in [1.54, 1.807) is 0 Å². The molecule has 0 fully saturated rings. The van der Waals surface area contributed by atoms with Gasteiger partial charge in [-0.05, 0) is 32.1 Å². The predicted molar refractivity (Wildman–Crippen MR) is 111 cm³/mol. The van der Waals surface area contributed by atoms with Crippen LogP contribution in [0.4, 0.5) is 0 Å². The van der Waals surface area contributed by atoms with Gasteiger partial charge in [0.15, 0.2) is 0 Å². The zero-order valence-electron chi connectivity index (χ0n) is 16.6. The first-order valence-electron chi connectivity index (χ1n) is 10.3. The molecule has 2 aromatic rings. The summed E-state index contributed by atoms with van der Waals surface area (Å²) in [4.78, 5) is 0. The van der Waals surface area contributed by atoms with Crippen molar-refractivity contribution < 1.29 is 9.47 Å². The van der Waals surface area contributed by atoms with Crippen LogP contribution >= 0.6 is 0 Å². The molecule has 0 radical (unpaired) electrons. The van der Waals surface area contributed by atoms with Crippen LogP contribution in [-0.4, -0.2) is 13.2 Å². The third-order valence-corrected chi connectivity index (χ3v) is 5.27. The Bertz CT molecular complexity index is 773. The minimum absolute atomic E-state index is 0.785. The number of hydrogen-bond donors (Lipinski definition) is 0. The van der Waals surface area contributed by atoms with E-state index in [1.165, 1.54) is 27.5 Å². The van der Waals surface area contributed by atoms with Gasteiger partial charge in [-0.25, -0.2) is 0 Å². The van der Waals surface area contributed by atoms with Crippen molar-refractivity contribution in [2.75, 3.05) is 13.2 Å². The summed E-state index contributed by atoms with van der Waals surface area (Å²) in [5, 5.41) is 2.40. The molecule has 0 aromatic heterocycles. The Balaban J connectivity index is 2.11. The molecule has 0 bridgehead atoms. The molecule has 0 aliphatic heterocycles. The number of ether oxygens (including phenoxy) is 2. The second kappa shape index (κ2) is 9.12. The van der Waals surface area contributed by atoms with Crippen molar-refractivity contribution in [2.45, 2.75) is 65.7 Å². The normalized spacial score (nSPS) is 13.4. The molecule has 1 aliphatic carbocycles. The van der Waals surface area contributed by atoms with Gasteiger partial charge in [-0.15, -0.1) is 0 Å². The van der Waals surface area contributed by atoms with Crippen molar-refractivity contribution in [3.63, 3.8) is 0 Å². The first-order valence-corrected chi connectivity index (χ1v) is 10.3.